The molecule has 2 heterocycles. The van der Waals surface area contributed by atoms with E-state index in [-0.39, 0.29) is 0 Å². The molecule has 1 atom stereocenters. The fourth-order valence-electron chi connectivity index (χ4n) is 2.00. The van der Waals surface area contributed by atoms with Crippen LogP contribution in [0.4, 0.5) is 0 Å². The molecule has 1 unspecified atom stereocenters. The molecule has 0 saturated heterocycles. The van der Waals surface area contributed by atoms with Crippen molar-refractivity contribution in [1.82, 2.24) is 4.98 Å². The third-order valence-corrected chi connectivity index (χ3v) is 4.01. The molecule has 0 bridgehead atoms. The van der Waals surface area contributed by atoms with E-state index in [9.17, 15) is 5.11 Å². The Morgan fingerprint density at radius 2 is 2.00 bits per heavy atom. The Morgan fingerprint density at radius 3 is 2.78 bits per heavy atom. The number of aliphatic hydroxyl groups is 1. The van der Waals surface area contributed by atoms with Crippen LogP contribution in [-0.2, 0) is 0 Å². The molecule has 0 radical (unpaired) electrons. The van der Waals surface area contributed by atoms with Crippen molar-refractivity contribution in [3.8, 4) is 0 Å². The minimum atomic E-state index is -0.583. The standard InChI is InChI=1S/C15H13NOS/c1-10-6-7-14(18-10)15(17)12-8-11-4-2-3-5-13(11)16-9-12/h2-9,15,17H,1H3. The lowest BCUT2D eigenvalue weighted by Crippen LogP contribution is -1.97. The highest BCUT2D eigenvalue weighted by molar-refractivity contribution is 7.12. The highest BCUT2D eigenvalue weighted by Crippen LogP contribution is 2.29. The molecule has 18 heavy (non-hydrogen) atoms. The SMILES string of the molecule is Cc1ccc(C(O)c2cnc3ccccc3c2)s1. The molecule has 0 amide bonds. The number of aryl methyl sites for hydroxylation is 1. The van der Waals surface area contributed by atoms with Crippen molar-refractivity contribution >= 4 is 22.2 Å². The van der Waals surface area contributed by atoms with E-state index >= 15 is 0 Å². The predicted molar refractivity (Wildman–Crippen MR) is 74.9 cm³/mol. The van der Waals surface area contributed by atoms with Crippen molar-refractivity contribution in [2.75, 3.05) is 0 Å². The van der Waals surface area contributed by atoms with Gasteiger partial charge in [0.15, 0.2) is 0 Å². The molecule has 2 nitrogen and oxygen atoms in total. The Kier molecular flexibility index (Phi) is 2.86. The first-order chi connectivity index (χ1) is 8.74. The maximum absolute atomic E-state index is 10.3. The summed E-state index contributed by atoms with van der Waals surface area (Å²) in [6.45, 7) is 2.04. The second-order valence-electron chi connectivity index (χ2n) is 4.31. The lowest BCUT2D eigenvalue weighted by molar-refractivity contribution is 0.224. The summed E-state index contributed by atoms with van der Waals surface area (Å²) < 4.78 is 0. The third-order valence-electron chi connectivity index (χ3n) is 2.96. The van der Waals surface area contributed by atoms with Gasteiger partial charge in [0, 0.05) is 26.9 Å². The summed E-state index contributed by atoms with van der Waals surface area (Å²) >= 11 is 1.62. The van der Waals surface area contributed by atoms with E-state index in [4.69, 9.17) is 0 Å². The number of benzene rings is 1. The van der Waals surface area contributed by atoms with Crippen LogP contribution >= 0.6 is 11.3 Å². The number of aromatic nitrogens is 1. The van der Waals surface area contributed by atoms with Gasteiger partial charge in [-0.1, -0.05) is 18.2 Å². The van der Waals surface area contributed by atoms with Crippen LogP contribution in [-0.4, -0.2) is 10.1 Å². The van der Waals surface area contributed by atoms with Gasteiger partial charge in [-0.15, -0.1) is 11.3 Å². The number of hydrogen-bond acceptors (Lipinski definition) is 3. The highest BCUT2D eigenvalue weighted by Gasteiger charge is 2.13. The first-order valence-corrected chi connectivity index (χ1v) is 6.65. The zero-order chi connectivity index (χ0) is 12.5. The normalized spacial score (nSPS) is 12.8. The molecule has 2 aromatic heterocycles. The first kappa shape index (κ1) is 11.4. The van der Waals surface area contributed by atoms with Gasteiger partial charge in [0.2, 0.25) is 0 Å². The zero-order valence-corrected chi connectivity index (χ0v) is 10.8. The number of hydrogen-bond donors (Lipinski definition) is 1. The smallest absolute Gasteiger partial charge is 0.115 e. The van der Waals surface area contributed by atoms with Crippen LogP contribution in [0, 0.1) is 6.92 Å². The van der Waals surface area contributed by atoms with Gasteiger partial charge in [0.25, 0.3) is 0 Å². The van der Waals surface area contributed by atoms with Crippen LogP contribution in [0.5, 0.6) is 0 Å². The monoisotopic (exact) mass is 255 g/mol. The molecule has 0 aliphatic carbocycles. The quantitative estimate of drug-likeness (QED) is 0.757. The van der Waals surface area contributed by atoms with Gasteiger partial charge in [0.1, 0.15) is 6.10 Å². The van der Waals surface area contributed by atoms with Crippen molar-refractivity contribution in [3.05, 3.63) is 64.0 Å². The summed E-state index contributed by atoms with van der Waals surface area (Å²) in [5.74, 6) is 0. The predicted octanol–water partition coefficient (Wildman–Crippen LogP) is 3.69. The first-order valence-electron chi connectivity index (χ1n) is 5.83. The maximum atomic E-state index is 10.3. The minimum Gasteiger partial charge on any atom is -0.383 e. The van der Waals surface area contributed by atoms with Gasteiger partial charge in [-0.25, -0.2) is 0 Å². The van der Waals surface area contributed by atoms with E-state index in [1.54, 1.807) is 17.5 Å². The van der Waals surface area contributed by atoms with Gasteiger partial charge in [-0.3, -0.25) is 4.98 Å². The number of rotatable bonds is 2. The fraction of sp³-hybridized carbons (Fsp3) is 0.133. The molecule has 90 valence electrons. The largest absolute Gasteiger partial charge is 0.383 e. The lowest BCUT2D eigenvalue weighted by atomic mass is 10.1. The molecule has 0 aliphatic rings. The molecular formula is C15H13NOS. The Bertz CT molecular complexity index is 690. The summed E-state index contributed by atoms with van der Waals surface area (Å²) in [6, 6.07) is 13.9. The lowest BCUT2D eigenvalue weighted by Gasteiger charge is -2.09. The molecule has 0 aliphatic heterocycles. The van der Waals surface area contributed by atoms with Gasteiger partial charge < -0.3 is 5.11 Å². The molecule has 0 spiro atoms. The maximum Gasteiger partial charge on any atom is 0.115 e. The molecule has 3 heteroatoms. The Balaban J connectivity index is 2.03. The van der Waals surface area contributed by atoms with Crippen LogP contribution in [0.3, 0.4) is 0 Å². The van der Waals surface area contributed by atoms with E-state index in [1.807, 2.05) is 49.4 Å². The second-order valence-corrected chi connectivity index (χ2v) is 5.63. The Morgan fingerprint density at radius 1 is 1.17 bits per heavy atom. The van der Waals surface area contributed by atoms with Crippen LogP contribution in [0.25, 0.3) is 10.9 Å². The summed E-state index contributed by atoms with van der Waals surface area (Å²) in [5, 5.41) is 11.4. The second kappa shape index (κ2) is 4.52. The van der Waals surface area contributed by atoms with Crippen molar-refractivity contribution < 1.29 is 5.11 Å². The average Bonchev–Trinajstić information content (AvgIpc) is 2.84. The van der Waals surface area contributed by atoms with E-state index in [2.05, 4.69) is 4.98 Å². The Labute approximate surface area is 110 Å². The Hall–Kier alpha value is -1.71. The average molecular weight is 255 g/mol. The van der Waals surface area contributed by atoms with Gasteiger partial charge >= 0.3 is 0 Å². The summed E-state index contributed by atoms with van der Waals surface area (Å²) in [4.78, 5) is 6.55. The van der Waals surface area contributed by atoms with Crippen LogP contribution in [0.15, 0.2) is 48.7 Å². The molecule has 3 rings (SSSR count). The molecule has 1 aromatic carbocycles. The third kappa shape index (κ3) is 2.03. The van der Waals surface area contributed by atoms with Gasteiger partial charge in [-0.05, 0) is 31.2 Å². The van der Waals surface area contributed by atoms with Crippen molar-refractivity contribution in [1.29, 1.82) is 0 Å². The van der Waals surface area contributed by atoms with Crippen LogP contribution < -0.4 is 0 Å². The topological polar surface area (TPSA) is 33.1 Å². The molecule has 0 fully saturated rings. The molecular weight excluding hydrogens is 242 g/mol. The number of thiophene rings is 1. The summed E-state index contributed by atoms with van der Waals surface area (Å²) in [7, 11) is 0. The van der Waals surface area contributed by atoms with E-state index < -0.39 is 6.10 Å². The number of fused-ring (bicyclic) bond motifs is 1. The van der Waals surface area contributed by atoms with Crippen molar-refractivity contribution in [2.24, 2.45) is 0 Å². The summed E-state index contributed by atoms with van der Waals surface area (Å²) in [5.41, 5.74) is 1.80. The fourth-order valence-corrected chi connectivity index (χ4v) is 2.89. The molecule has 1 N–H and O–H groups in total. The zero-order valence-electron chi connectivity index (χ0n) is 10.00. The van der Waals surface area contributed by atoms with E-state index in [1.165, 1.54) is 4.88 Å². The molecule has 3 aromatic rings. The van der Waals surface area contributed by atoms with Crippen molar-refractivity contribution in [3.63, 3.8) is 0 Å². The van der Waals surface area contributed by atoms with E-state index in [0.717, 1.165) is 21.3 Å². The van der Waals surface area contributed by atoms with Gasteiger partial charge in [0.05, 0.1) is 5.52 Å². The summed E-state index contributed by atoms with van der Waals surface area (Å²) in [6.07, 6.45) is 1.17. The van der Waals surface area contributed by atoms with E-state index in [0.29, 0.717) is 0 Å². The number of para-hydroxylation sites is 1. The molecule has 0 saturated carbocycles. The highest BCUT2D eigenvalue weighted by atomic mass is 32.1. The van der Waals surface area contributed by atoms with Crippen molar-refractivity contribution in [2.45, 2.75) is 13.0 Å². The number of aliphatic hydroxyl groups excluding tert-OH is 1. The van der Waals surface area contributed by atoms with Crippen LogP contribution in [0.1, 0.15) is 21.4 Å². The minimum absolute atomic E-state index is 0.583. The van der Waals surface area contributed by atoms with Gasteiger partial charge in [-0.2, -0.15) is 0 Å². The van der Waals surface area contributed by atoms with Crippen LogP contribution in [0.2, 0.25) is 0 Å². The number of nitrogens with zero attached hydrogens (tertiary/aromatic N) is 1. The number of pyridine rings is 1.